The summed E-state index contributed by atoms with van der Waals surface area (Å²) in [7, 11) is 0. The van der Waals surface area contributed by atoms with E-state index in [-0.39, 0.29) is 5.91 Å². The minimum absolute atomic E-state index is 0.351. The first kappa shape index (κ1) is 10.1. The van der Waals surface area contributed by atoms with Crippen molar-refractivity contribution in [3.63, 3.8) is 0 Å². The standard InChI is InChI=1S/C10H9ClN2O2/c1-5-6(3-2-4-12-5)7-8(11)10(15)13-9(7)14/h2-4,7-8H,1H3,(H,13,14,15). The van der Waals surface area contributed by atoms with Crippen molar-refractivity contribution in [2.75, 3.05) is 0 Å². The third-order valence-corrected chi connectivity index (χ3v) is 2.91. The van der Waals surface area contributed by atoms with Gasteiger partial charge in [-0.25, -0.2) is 0 Å². The Kier molecular flexibility index (Phi) is 2.44. The van der Waals surface area contributed by atoms with Gasteiger partial charge in [0.2, 0.25) is 11.8 Å². The first-order valence-corrected chi connectivity index (χ1v) is 4.95. The molecule has 2 rings (SSSR count). The van der Waals surface area contributed by atoms with Gasteiger partial charge in [-0.15, -0.1) is 11.6 Å². The minimum atomic E-state index is -0.833. The van der Waals surface area contributed by atoms with Crippen LogP contribution in [0.15, 0.2) is 18.3 Å². The summed E-state index contributed by atoms with van der Waals surface area (Å²) in [5, 5.41) is 1.37. The number of pyridine rings is 1. The molecule has 1 aromatic rings. The molecule has 1 aliphatic rings. The molecule has 0 spiro atoms. The van der Waals surface area contributed by atoms with E-state index in [4.69, 9.17) is 11.6 Å². The van der Waals surface area contributed by atoms with Gasteiger partial charge in [0.1, 0.15) is 5.38 Å². The summed E-state index contributed by atoms with van der Waals surface area (Å²) in [6.45, 7) is 1.79. The van der Waals surface area contributed by atoms with Crippen molar-refractivity contribution >= 4 is 23.4 Å². The molecule has 2 heterocycles. The van der Waals surface area contributed by atoms with Gasteiger partial charge >= 0.3 is 0 Å². The number of nitrogens with one attached hydrogen (secondary N) is 1. The lowest BCUT2D eigenvalue weighted by Crippen LogP contribution is -2.22. The predicted molar refractivity (Wildman–Crippen MR) is 54.5 cm³/mol. The Morgan fingerprint density at radius 2 is 2.13 bits per heavy atom. The van der Waals surface area contributed by atoms with Crippen LogP contribution in [-0.4, -0.2) is 22.2 Å². The summed E-state index contributed by atoms with van der Waals surface area (Å²) in [5.41, 5.74) is 1.43. The molecule has 2 unspecified atom stereocenters. The van der Waals surface area contributed by atoms with E-state index in [1.54, 1.807) is 25.3 Å². The Morgan fingerprint density at radius 3 is 2.67 bits per heavy atom. The molecule has 1 saturated heterocycles. The molecule has 0 aliphatic carbocycles. The fourth-order valence-electron chi connectivity index (χ4n) is 1.68. The summed E-state index contributed by atoms with van der Waals surface area (Å²) in [6.07, 6.45) is 1.64. The molecule has 1 fully saturated rings. The Bertz CT molecular complexity index is 433. The van der Waals surface area contributed by atoms with Crippen molar-refractivity contribution in [1.29, 1.82) is 0 Å². The minimum Gasteiger partial charge on any atom is -0.295 e. The Balaban J connectivity index is 2.43. The van der Waals surface area contributed by atoms with Gasteiger partial charge < -0.3 is 0 Å². The van der Waals surface area contributed by atoms with E-state index < -0.39 is 17.2 Å². The number of hydrogen-bond donors (Lipinski definition) is 1. The van der Waals surface area contributed by atoms with Crippen LogP contribution in [0.1, 0.15) is 17.2 Å². The Morgan fingerprint density at radius 1 is 1.40 bits per heavy atom. The van der Waals surface area contributed by atoms with E-state index in [0.717, 1.165) is 5.69 Å². The van der Waals surface area contributed by atoms with Gasteiger partial charge in [-0.05, 0) is 18.6 Å². The number of amides is 2. The molecule has 4 nitrogen and oxygen atoms in total. The maximum atomic E-state index is 11.5. The van der Waals surface area contributed by atoms with Crippen molar-refractivity contribution < 1.29 is 9.59 Å². The van der Waals surface area contributed by atoms with Gasteiger partial charge in [-0.1, -0.05) is 6.07 Å². The molecule has 0 bridgehead atoms. The number of carbonyl (C=O) groups excluding carboxylic acids is 2. The summed E-state index contributed by atoms with van der Waals surface area (Å²) >= 11 is 5.87. The SMILES string of the molecule is Cc1ncccc1C1C(=O)NC(=O)C1Cl. The number of aromatic nitrogens is 1. The number of alkyl halides is 1. The molecule has 15 heavy (non-hydrogen) atoms. The highest BCUT2D eigenvalue weighted by Crippen LogP contribution is 2.29. The highest BCUT2D eigenvalue weighted by atomic mass is 35.5. The van der Waals surface area contributed by atoms with Gasteiger partial charge in [0.15, 0.2) is 0 Å². The van der Waals surface area contributed by atoms with E-state index in [9.17, 15) is 9.59 Å². The Labute approximate surface area is 91.6 Å². The zero-order valence-electron chi connectivity index (χ0n) is 8.03. The fraction of sp³-hybridized carbons (Fsp3) is 0.300. The van der Waals surface area contributed by atoms with Crippen LogP contribution in [0, 0.1) is 6.92 Å². The zero-order chi connectivity index (χ0) is 11.0. The molecular formula is C10H9ClN2O2. The van der Waals surface area contributed by atoms with Gasteiger partial charge in [0.25, 0.3) is 0 Å². The summed E-state index contributed by atoms with van der Waals surface area (Å²) in [6, 6.07) is 3.49. The second-order valence-electron chi connectivity index (χ2n) is 3.41. The van der Waals surface area contributed by atoms with Crippen LogP contribution in [0.5, 0.6) is 0 Å². The van der Waals surface area contributed by atoms with Crippen molar-refractivity contribution in [2.24, 2.45) is 0 Å². The molecule has 78 valence electrons. The quantitative estimate of drug-likeness (QED) is 0.565. The van der Waals surface area contributed by atoms with Crippen molar-refractivity contribution in [3.05, 3.63) is 29.6 Å². The average molecular weight is 225 g/mol. The number of halogens is 1. The Hall–Kier alpha value is -1.42. The first-order chi connectivity index (χ1) is 7.11. The van der Waals surface area contributed by atoms with E-state index in [0.29, 0.717) is 5.56 Å². The number of aryl methyl sites for hydroxylation is 1. The molecular weight excluding hydrogens is 216 g/mol. The molecule has 1 aliphatic heterocycles. The van der Waals surface area contributed by atoms with Crippen LogP contribution in [0.25, 0.3) is 0 Å². The average Bonchev–Trinajstić information content (AvgIpc) is 2.43. The van der Waals surface area contributed by atoms with Crippen LogP contribution in [0.2, 0.25) is 0 Å². The third-order valence-electron chi connectivity index (χ3n) is 2.45. The first-order valence-electron chi connectivity index (χ1n) is 4.51. The highest BCUT2D eigenvalue weighted by molar-refractivity contribution is 6.37. The van der Waals surface area contributed by atoms with Crippen LogP contribution >= 0.6 is 11.6 Å². The van der Waals surface area contributed by atoms with E-state index in [1.165, 1.54) is 0 Å². The van der Waals surface area contributed by atoms with E-state index >= 15 is 0 Å². The van der Waals surface area contributed by atoms with Gasteiger partial charge in [0.05, 0.1) is 5.92 Å². The topological polar surface area (TPSA) is 59.1 Å². The largest absolute Gasteiger partial charge is 0.295 e. The smallest absolute Gasteiger partial charge is 0.245 e. The summed E-state index contributed by atoms with van der Waals surface area (Å²) in [4.78, 5) is 26.8. The van der Waals surface area contributed by atoms with Crippen molar-refractivity contribution in [1.82, 2.24) is 10.3 Å². The van der Waals surface area contributed by atoms with Crippen LogP contribution in [-0.2, 0) is 9.59 Å². The monoisotopic (exact) mass is 224 g/mol. The van der Waals surface area contributed by atoms with Gasteiger partial charge in [-0.3, -0.25) is 19.9 Å². The van der Waals surface area contributed by atoms with Crippen molar-refractivity contribution in [2.45, 2.75) is 18.2 Å². The van der Waals surface area contributed by atoms with Crippen LogP contribution in [0.4, 0.5) is 0 Å². The number of imide groups is 1. The zero-order valence-corrected chi connectivity index (χ0v) is 8.78. The molecule has 2 atom stereocenters. The fourth-order valence-corrected chi connectivity index (χ4v) is 1.98. The molecule has 0 aromatic carbocycles. The molecule has 5 heteroatoms. The molecule has 0 saturated carbocycles. The van der Waals surface area contributed by atoms with E-state index in [2.05, 4.69) is 10.3 Å². The lowest BCUT2D eigenvalue weighted by molar-refractivity contribution is -0.125. The lowest BCUT2D eigenvalue weighted by Gasteiger charge is -2.11. The van der Waals surface area contributed by atoms with E-state index in [1.807, 2.05) is 0 Å². The molecule has 1 aromatic heterocycles. The highest BCUT2D eigenvalue weighted by Gasteiger charge is 2.42. The number of hydrogen-bond acceptors (Lipinski definition) is 3. The maximum absolute atomic E-state index is 11.5. The third kappa shape index (κ3) is 1.61. The summed E-state index contributed by atoms with van der Waals surface area (Å²) < 4.78 is 0. The van der Waals surface area contributed by atoms with Crippen molar-refractivity contribution in [3.8, 4) is 0 Å². The van der Waals surface area contributed by atoms with Crippen LogP contribution < -0.4 is 5.32 Å². The lowest BCUT2D eigenvalue weighted by atomic mass is 9.96. The molecule has 2 amide bonds. The molecule has 1 N–H and O–H groups in total. The second kappa shape index (κ2) is 3.62. The summed E-state index contributed by atoms with van der Waals surface area (Å²) in [5.74, 6) is -1.40. The van der Waals surface area contributed by atoms with Gasteiger partial charge in [-0.2, -0.15) is 0 Å². The number of carbonyl (C=O) groups is 2. The second-order valence-corrected chi connectivity index (χ2v) is 3.88. The predicted octanol–water partition coefficient (Wildman–Crippen LogP) is 0.737. The normalized spacial score (nSPS) is 25.5. The maximum Gasteiger partial charge on any atom is 0.245 e. The molecule has 0 radical (unpaired) electrons. The number of nitrogens with zero attached hydrogens (tertiary/aromatic N) is 1. The van der Waals surface area contributed by atoms with Gasteiger partial charge in [0, 0.05) is 11.9 Å². The van der Waals surface area contributed by atoms with Crippen LogP contribution in [0.3, 0.4) is 0 Å². The number of rotatable bonds is 1.